The second-order valence-corrected chi connectivity index (χ2v) is 7.76. The number of nitrogens with one attached hydrogen (secondary N) is 1. The predicted octanol–water partition coefficient (Wildman–Crippen LogP) is 0.593. The highest BCUT2D eigenvalue weighted by Crippen LogP contribution is 2.54. The fraction of sp³-hybridized carbons (Fsp3) is 0.737. The van der Waals surface area contributed by atoms with Crippen molar-refractivity contribution in [3.05, 3.63) is 17.8 Å². The standard InChI is InChI=1S/C19H27N3O6/c1-3-26-10-16(23)20-6-12-13-7-22(11-19(13)5-4-15(12)28-19)8-17-21-14(9-27-17)18(24)25-2/h9,12-13,15H,3-8,10-11H2,1-2H3,(H,20,23)/t12-,13+,15+,19+/m0/s1. The Labute approximate surface area is 163 Å². The van der Waals surface area contributed by atoms with Gasteiger partial charge in [-0.05, 0) is 19.8 Å². The molecule has 4 heterocycles. The fourth-order valence-electron chi connectivity index (χ4n) is 4.93. The minimum absolute atomic E-state index is 0.0800. The molecule has 3 aliphatic heterocycles. The van der Waals surface area contributed by atoms with Crippen LogP contribution in [0.1, 0.15) is 36.1 Å². The van der Waals surface area contributed by atoms with Gasteiger partial charge in [0.1, 0.15) is 12.9 Å². The number of carbonyl (C=O) groups excluding carboxylic acids is 2. The molecule has 1 aromatic rings. The highest BCUT2D eigenvalue weighted by atomic mass is 16.5. The Kier molecular flexibility index (Phi) is 5.39. The van der Waals surface area contributed by atoms with Crippen LogP contribution in [0.15, 0.2) is 10.7 Å². The predicted molar refractivity (Wildman–Crippen MR) is 96.4 cm³/mol. The lowest BCUT2D eigenvalue weighted by atomic mass is 9.73. The molecule has 4 rings (SSSR count). The third-order valence-corrected chi connectivity index (χ3v) is 6.13. The highest BCUT2D eigenvalue weighted by Gasteiger charge is 2.62. The van der Waals surface area contributed by atoms with Crippen molar-refractivity contribution in [3.8, 4) is 0 Å². The van der Waals surface area contributed by atoms with E-state index in [1.807, 2.05) is 6.92 Å². The molecule has 0 aliphatic carbocycles. The number of methoxy groups -OCH3 is 1. The van der Waals surface area contributed by atoms with Crippen LogP contribution in [0.2, 0.25) is 0 Å². The van der Waals surface area contributed by atoms with Gasteiger partial charge in [-0.15, -0.1) is 0 Å². The van der Waals surface area contributed by atoms with Crippen LogP contribution in [-0.4, -0.2) is 73.4 Å². The van der Waals surface area contributed by atoms with Crippen LogP contribution in [0.25, 0.3) is 0 Å². The lowest BCUT2D eigenvalue weighted by molar-refractivity contribution is -0.125. The van der Waals surface area contributed by atoms with Gasteiger partial charge < -0.3 is 23.9 Å². The summed E-state index contributed by atoms with van der Waals surface area (Å²) in [6, 6.07) is 0. The molecule has 3 saturated heterocycles. The van der Waals surface area contributed by atoms with Crippen LogP contribution in [0, 0.1) is 11.8 Å². The summed E-state index contributed by atoms with van der Waals surface area (Å²) in [6.45, 7) is 5.31. The van der Waals surface area contributed by atoms with Gasteiger partial charge in [0, 0.05) is 38.1 Å². The zero-order valence-corrected chi connectivity index (χ0v) is 16.3. The molecule has 0 unspecified atom stereocenters. The van der Waals surface area contributed by atoms with E-state index in [1.54, 1.807) is 0 Å². The van der Waals surface area contributed by atoms with E-state index in [9.17, 15) is 9.59 Å². The molecule has 28 heavy (non-hydrogen) atoms. The molecule has 1 aromatic heterocycles. The van der Waals surface area contributed by atoms with Crippen molar-refractivity contribution < 1.29 is 28.2 Å². The van der Waals surface area contributed by atoms with E-state index in [0.29, 0.717) is 37.4 Å². The summed E-state index contributed by atoms with van der Waals surface area (Å²) >= 11 is 0. The van der Waals surface area contributed by atoms with Gasteiger partial charge in [-0.2, -0.15) is 0 Å². The molecule has 3 aliphatic rings. The van der Waals surface area contributed by atoms with Crippen LogP contribution in [0.4, 0.5) is 0 Å². The molecular formula is C19H27N3O6. The summed E-state index contributed by atoms with van der Waals surface area (Å²) in [5.74, 6) is 0.585. The van der Waals surface area contributed by atoms with Gasteiger partial charge in [-0.3, -0.25) is 9.69 Å². The third kappa shape index (κ3) is 3.54. The average molecular weight is 393 g/mol. The number of carbonyl (C=O) groups is 2. The van der Waals surface area contributed by atoms with E-state index < -0.39 is 5.97 Å². The van der Waals surface area contributed by atoms with Crippen molar-refractivity contribution in [2.45, 2.75) is 38.0 Å². The topological polar surface area (TPSA) is 103 Å². The lowest BCUT2D eigenvalue weighted by Crippen LogP contribution is -2.42. The van der Waals surface area contributed by atoms with Crippen LogP contribution in [0.5, 0.6) is 0 Å². The normalized spacial score (nSPS) is 31.1. The van der Waals surface area contributed by atoms with Crippen LogP contribution in [-0.2, 0) is 25.5 Å². The van der Waals surface area contributed by atoms with Crippen LogP contribution < -0.4 is 5.32 Å². The van der Waals surface area contributed by atoms with Crippen molar-refractivity contribution in [2.24, 2.45) is 11.8 Å². The molecular weight excluding hydrogens is 366 g/mol. The van der Waals surface area contributed by atoms with Crippen LogP contribution >= 0.6 is 0 Å². The molecule has 1 spiro atoms. The Morgan fingerprint density at radius 2 is 2.32 bits per heavy atom. The van der Waals surface area contributed by atoms with Crippen molar-refractivity contribution >= 4 is 11.9 Å². The zero-order chi connectivity index (χ0) is 19.7. The number of rotatable bonds is 8. The molecule has 9 nitrogen and oxygen atoms in total. The van der Waals surface area contributed by atoms with Gasteiger partial charge in [-0.25, -0.2) is 9.78 Å². The smallest absolute Gasteiger partial charge is 0.360 e. The summed E-state index contributed by atoms with van der Waals surface area (Å²) in [5, 5.41) is 3.00. The first-order chi connectivity index (χ1) is 13.5. The Bertz CT molecular complexity index is 737. The maximum absolute atomic E-state index is 11.9. The van der Waals surface area contributed by atoms with E-state index in [1.165, 1.54) is 13.4 Å². The van der Waals surface area contributed by atoms with E-state index in [4.69, 9.17) is 13.9 Å². The number of aromatic nitrogens is 1. The van der Waals surface area contributed by atoms with E-state index in [-0.39, 0.29) is 29.9 Å². The first-order valence-electron chi connectivity index (χ1n) is 9.82. The first kappa shape index (κ1) is 19.4. The maximum atomic E-state index is 11.9. The second kappa shape index (κ2) is 7.81. The molecule has 4 atom stereocenters. The monoisotopic (exact) mass is 393 g/mol. The molecule has 1 N–H and O–H groups in total. The number of ether oxygens (including phenoxy) is 3. The Hall–Kier alpha value is -1.97. The molecule has 0 saturated carbocycles. The SMILES string of the molecule is CCOCC(=O)NC[C@H]1[C@H]2CN(Cc3nc(C(=O)OC)co3)C[C@]23CC[C@H]1O3. The minimum atomic E-state index is -0.503. The van der Waals surface area contributed by atoms with Crippen molar-refractivity contribution in [2.75, 3.05) is 40.0 Å². The molecule has 3 fully saturated rings. The van der Waals surface area contributed by atoms with Crippen molar-refractivity contribution in [1.82, 2.24) is 15.2 Å². The highest BCUT2D eigenvalue weighted by molar-refractivity contribution is 5.86. The Morgan fingerprint density at radius 3 is 3.11 bits per heavy atom. The summed E-state index contributed by atoms with van der Waals surface area (Å²) in [6.07, 6.45) is 3.62. The fourth-order valence-corrected chi connectivity index (χ4v) is 4.93. The molecule has 0 radical (unpaired) electrons. The Morgan fingerprint density at radius 1 is 1.46 bits per heavy atom. The molecule has 2 bridgehead atoms. The number of likely N-dealkylation sites (tertiary alicyclic amines) is 1. The number of hydrogen-bond donors (Lipinski definition) is 1. The molecule has 1 amide bonds. The number of hydrogen-bond acceptors (Lipinski definition) is 8. The molecule has 9 heteroatoms. The van der Waals surface area contributed by atoms with Gasteiger partial charge in [0.2, 0.25) is 11.8 Å². The minimum Gasteiger partial charge on any atom is -0.464 e. The lowest BCUT2D eigenvalue weighted by Gasteiger charge is -2.29. The van der Waals surface area contributed by atoms with Crippen LogP contribution in [0.3, 0.4) is 0 Å². The largest absolute Gasteiger partial charge is 0.464 e. The Balaban J connectivity index is 1.36. The van der Waals surface area contributed by atoms with Crippen molar-refractivity contribution in [3.63, 3.8) is 0 Å². The maximum Gasteiger partial charge on any atom is 0.360 e. The number of nitrogens with zero attached hydrogens (tertiary/aromatic N) is 2. The first-order valence-corrected chi connectivity index (χ1v) is 9.82. The summed E-state index contributed by atoms with van der Waals surface area (Å²) in [4.78, 5) is 29.9. The summed E-state index contributed by atoms with van der Waals surface area (Å²) in [7, 11) is 1.32. The summed E-state index contributed by atoms with van der Waals surface area (Å²) in [5.41, 5.74) is 0.0414. The molecule has 154 valence electrons. The van der Waals surface area contributed by atoms with Crippen molar-refractivity contribution in [1.29, 1.82) is 0 Å². The quantitative estimate of drug-likeness (QED) is 0.640. The second-order valence-electron chi connectivity index (χ2n) is 7.76. The van der Waals surface area contributed by atoms with Gasteiger partial charge in [-0.1, -0.05) is 0 Å². The molecule has 0 aromatic carbocycles. The van der Waals surface area contributed by atoms with Gasteiger partial charge in [0.15, 0.2) is 5.69 Å². The third-order valence-electron chi connectivity index (χ3n) is 6.13. The van der Waals surface area contributed by atoms with Gasteiger partial charge in [0.05, 0.1) is 25.4 Å². The van der Waals surface area contributed by atoms with E-state index in [0.717, 1.165) is 25.9 Å². The number of fused-ring (bicyclic) bond motifs is 1. The average Bonchev–Trinajstić information content (AvgIpc) is 3.44. The number of oxazole rings is 1. The summed E-state index contributed by atoms with van der Waals surface area (Å²) < 4.78 is 21.6. The van der Waals surface area contributed by atoms with Gasteiger partial charge >= 0.3 is 5.97 Å². The zero-order valence-electron chi connectivity index (χ0n) is 16.3. The van der Waals surface area contributed by atoms with Gasteiger partial charge in [0.25, 0.3) is 0 Å². The number of esters is 1. The van der Waals surface area contributed by atoms with E-state index >= 15 is 0 Å². The number of amides is 1. The van der Waals surface area contributed by atoms with E-state index in [2.05, 4.69) is 19.9 Å².